The lowest BCUT2D eigenvalue weighted by molar-refractivity contribution is 0.0853. The van der Waals surface area contributed by atoms with E-state index < -0.39 is 0 Å². The Bertz CT molecular complexity index is 1130. The summed E-state index contributed by atoms with van der Waals surface area (Å²) in [5.74, 6) is 0.830. The minimum atomic E-state index is -0.320. The van der Waals surface area contributed by atoms with Crippen molar-refractivity contribution in [3.05, 3.63) is 64.6 Å². The second-order valence-corrected chi connectivity index (χ2v) is 9.30. The molecule has 0 aliphatic carbocycles. The average molecular weight is 494 g/mol. The number of benzene rings is 1. The number of thiazole rings is 1. The molecule has 4 rings (SSSR count). The summed E-state index contributed by atoms with van der Waals surface area (Å²) in [4.78, 5) is 37.8. The topological polar surface area (TPSA) is 87.7 Å². The molecule has 8 nitrogen and oxygen atoms in total. The molecule has 2 aromatic heterocycles. The summed E-state index contributed by atoms with van der Waals surface area (Å²) in [6, 6.07) is 13.7. The second kappa shape index (κ2) is 11.8. The maximum absolute atomic E-state index is 12.4. The van der Waals surface area contributed by atoms with Crippen molar-refractivity contribution < 1.29 is 14.3 Å². The van der Waals surface area contributed by atoms with Gasteiger partial charge in [0, 0.05) is 49.2 Å². The number of hydrogen-bond acceptors (Lipinski definition) is 7. The molecule has 0 unspecified atom stereocenters. The number of nitrogens with zero attached hydrogens (tertiary/aromatic N) is 4. The molecule has 0 atom stereocenters. The maximum atomic E-state index is 12.4. The Hall–Kier alpha value is -3.46. The van der Waals surface area contributed by atoms with Gasteiger partial charge < -0.3 is 19.9 Å². The molecule has 3 heterocycles. The second-order valence-electron chi connectivity index (χ2n) is 8.58. The predicted octanol–water partition coefficient (Wildman–Crippen LogP) is 4.58. The number of aromatic nitrogens is 2. The molecule has 0 spiro atoms. The molecule has 1 saturated heterocycles. The van der Waals surface area contributed by atoms with E-state index in [0.29, 0.717) is 12.1 Å². The lowest BCUT2D eigenvalue weighted by Crippen LogP contribution is -2.46. The summed E-state index contributed by atoms with van der Waals surface area (Å²) in [6.07, 6.45) is 2.25. The van der Waals surface area contributed by atoms with Crippen molar-refractivity contribution in [1.82, 2.24) is 20.2 Å². The lowest BCUT2D eigenvalue weighted by Gasteiger charge is -2.36. The van der Waals surface area contributed by atoms with Crippen molar-refractivity contribution in [3.63, 3.8) is 0 Å². The third-order valence-corrected chi connectivity index (χ3v) is 6.78. The Morgan fingerprint density at radius 3 is 2.74 bits per heavy atom. The zero-order valence-corrected chi connectivity index (χ0v) is 21.0. The van der Waals surface area contributed by atoms with E-state index in [-0.39, 0.29) is 24.6 Å². The number of piperidine rings is 1. The molecule has 1 fully saturated rings. The van der Waals surface area contributed by atoms with Gasteiger partial charge in [0.15, 0.2) is 0 Å². The van der Waals surface area contributed by atoms with Gasteiger partial charge in [-0.1, -0.05) is 25.1 Å². The minimum Gasteiger partial charge on any atom is -0.443 e. The number of anilines is 1. The molecule has 1 N–H and O–H groups in total. The molecule has 2 amide bonds. The van der Waals surface area contributed by atoms with Crippen LogP contribution in [0.15, 0.2) is 53.4 Å². The monoisotopic (exact) mass is 493 g/mol. The van der Waals surface area contributed by atoms with Gasteiger partial charge in [-0.2, -0.15) is 0 Å². The molecule has 35 heavy (non-hydrogen) atoms. The highest BCUT2D eigenvalue weighted by molar-refractivity contribution is 7.07. The van der Waals surface area contributed by atoms with Crippen LogP contribution < -0.4 is 10.2 Å². The van der Waals surface area contributed by atoms with Crippen molar-refractivity contribution in [2.24, 2.45) is 0 Å². The van der Waals surface area contributed by atoms with Gasteiger partial charge in [-0.25, -0.2) is 14.8 Å². The van der Waals surface area contributed by atoms with Crippen LogP contribution in [0.2, 0.25) is 0 Å². The Labute approximate surface area is 210 Å². The minimum absolute atomic E-state index is 0.0684. The maximum Gasteiger partial charge on any atom is 0.410 e. The first-order valence-corrected chi connectivity index (χ1v) is 12.9. The van der Waals surface area contributed by atoms with Crippen LogP contribution in [-0.2, 0) is 11.3 Å². The lowest BCUT2D eigenvalue weighted by atomic mass is 10.0. The molecule has 9 heteroatoms. The molecular formula is C26H31N5O3S. The highest BCUT2D eigenvalue weighted by atomic mass is 32.1. The highest BCUT2D eigenvalue weighted by Gasteiger charge is 2.27. The van der Waals surface area contributed by atoms with E-state index in [4.69, 9.17) is 9.72 Å². The van der Waals surface area contributed by atoms with E-state index in [2.05, 4.69) is 15.2 Å². The van der Waals surface area contributed by atoms with Crippen molar-refractivity contribution in [3.8, 4) is 11.3 Å². The molecule has 3 aromatic rings. The fourth-order valence-corrected chi connectivity index (χ4v) is 4.64. The van der Waals surface area contributed by atoms with E-state index in [1.54, 1.807) is 17.5 Å². The molecule has 184 valence electrons. The van der Waals surface area contributed by atoms with E-state index in [1.807, 2.05) is 54.8 Å². The fourth-order valence-electron chi connectivity index (χ4n) is 4.10. The first-order chi connectivity index (χ1) is 17.0. The van der Waals surface area contributed by atoms with Gasteiger partial charge in [0.1, 0.15) is 12.4 Å². The summed E-state index contributed by atoms with van der Waals surface area (Å²) >= 11 is 1.48. The first kappa shape index (κ1) is 24.7. The summed E-state index contributed by atoms with van der Waals surface area (Å²) in [5, 5.41) is 4.80. The molecule has 1 aliphatic heterocycles. The number of rotatable bonds is 8. The average Bonchev–Trinajstić information content (AvgIpc) is 3.44. The fraction of sp³-hybridized carbons (Fsp3) is 0.385. The van der Waals surface area contributed by atoms with Crippen LogP contribution in [0, 0.1) is 0 Å². The van der Waals surface area contributed by atoms with E-state index in [0.717, 1.165) is 55.1 Å². The van der Waals surface area contributed by atoms with Crippen LogP contribution in [0.3, 0.4) is 0 Å². The number of pyridine rings is 1. The SMILES string of the molecule is CCCNC(=O)c1cccc(-c2cccc(N3CCC(N(C)C(=O)OCc4cscn4)CC3)n2)c1. The van der Waals surface area contributed by atoms with Crippen molar-refractivity contribution in [2.75, 3.05) is 31.6 Å². The van der Waals surface area contributed by atoms with Crippen molar-refractivity contribution in [2.45, 2.75) is 38.8 Å². The molecule has 1 aromatic carbocycles. The van der Waals surface area contributed by atoms with E-state index in [1.165, 1.54) is 11.3 Å². The number of carbonyl (C=O) groups is 2. The molecule has 0 saturated carbocycles. The van der Waals surface area contributed by atoms with E-state index >= 15 is 0 Å². The van der Waals surface area contributed by atoms with Gasteiger partial charge in [-0.3, -0.25) is 4.79 Å². The summed E-state index contributed by atoms with van der Waals surface area (Å²) in [6.45, 7) is 4.48. The van der Waals surface area contributed by atoms with Gasteiger partial charge >= 0.3 is 6.09 Å². The predicted molar refractivity (Wildman–Crippen MR) is 138 cm³/mol. The summed E-state index contributed by atoms with van der Waals surface area (Å²) < 4.78 is 5.40. The smallest absolute Gasteiger partial charge is 0.410 e. The number of hydrogen-bond donors (Lipinski definition) is 1. The molecule has 0 radical (unpaired) electrons. The van der Waals surface area contributed by atoms with E-state index in [9.17, 15) is 9.59 Å². The molecule has 1 aliphatic rings. The summed E-state index contributed by atoms with van der Waals surface area (Å²) in [5.41, 5.74) is 4.87. The highest BCUT2D eigenvalue weighted by Crippen LogP contribution is 2.25. The zero-order valence-electron chi connectivity index (χ0n) is 20.1. The number of nitrogens with one attached hydrogen (secondary N) is 1. The standard InChI is InChI=1S/C26H31N5O3S/c1-3-12-27-25(32)20-7-4-6-19(15-20)23-8-5-9-24(29-23)31-13-10-22(11-14-31)30(2)26(33)34-16-21-17-35-18-28-21/h4-9,15,17-18,22H,3,10-14,16H2,1-2H3,(H,27,32). The van der Waals surface area contributed by atoms with Crippen molar-refractivity contribution in [1.29, 1.82) is 0 Å². The first-order valence-electron chi connectivity index (χ1n) is 11.9. The normalized spacial score (nSPS) is 13.9. The van der Waals surface area contributed by atoms with Crippen LogP contribution in [0.1, 0.15) is 42.2 Å². The van der Waals surface area contributed by atoms with Crippen LogP contribution >= 0.6 is 11.3 Å². The van der Waals surface area contributed by atoms with Gasteiger partial charge in [-0.15, -0.1) is 11.3 Å². The van der Waals surface area contributed by atoms with Crippen LogP contribution in [0.5, 0.6) is 0 Å². The Morgan fingerprint density at radius 2 is 2.00 bits per heavy atom. The molecular weight excluding hydrogens is 462 g/mol. The largest absolute Gasteiger partial charge is 0.443 e. The third-order valence-electron chi connectivity index (χ3n) is 6.14. The van der Waals surface area contributed by atoms with Crippen LogP contribution in [0.4, 0.5) is 10.6 Å². The summed E-state index contributed by atoms with van der Waals surface area (Å²) in [7, 11) is 1.80. The van der Waals surface area contributed by atoms with Gasteiger partial charge in [0.25, 0.3) is 5.91 Å². The quantitative estimate of drug-likeness (QED) is 0.494. The Balaban J connectivity index is 1.35. The van der Waals surface area contributed by atoms with Gasteiger partial charge in [0.05, 0.1) is 16.9 Å². The Kier molecular flexibility index (Phi) is 8.31. The Morgan fingerprint density at radius 1 is 1.20 bits per heavy atom. The van der Waals surface area contributed by atoms with Crippen molar-refractivity contribution >= 4 is 29.2 Å². The van der Waals surface area contributed by atoms with Gasteiger partial charge in [-0.05, 0) is 43.5 Å². The zero-order chi connectivity index (χ0) is 24.6. The van der Waals surface area contributed by atoms with Crippen LogP contribution in [0.25, 0.3) is 11.3 Å². The number of ether oxygens (including phenoxy) is 1. The van der Waals surface area contributed by atoms with Gasteiger partial charge in [0.2, 0.25) is 0 Å². The molecule has 0 bridgehead atoms. The van der Waals surface area contributed by atoms with Crippen LogP contribution in [-0.4, -0.2) is 59.6 Å². The number of amides is 2. The number of carbonyl (C=O) groups excluding carboxylic acids is 2. The third kappa shape index (κ3) is 6.36.